The highest BCUT2D eigenvalue weighted by Crippen LogP contribution is 2.10. The summed E-state index contributed by atoms with van der Waals surface area (Å²) in [6.07, 6.45) is 0.494. The predicted molar refractivity (Wildman–Crippen MR) is 40.8 cm³/mol. The number of carbonyl (C=O) groups is 2. The summed E-state index contributed by atoms with van der Waals surface area (Å²) in [5.74, 6) is -0.451. The lowest BCUT2D eigenvalue weighted by Gasteiger charge is -2.19. The van der Waals surface area contributed by atoms with Crippen molar-refractivity contribution in [2.45, 2.75) is 33.3 Å². The van der Waals surface area contributed by atoms with Gasteiger partial charge >= 0.3 is 5.97 Å². The van der Waals surface area contributed by atoms with Crippen LogP contribution >= 0.6 is 0 Å². The fraction of sp³-hybridized carbons (Fsp3) is 0.625. The smallest absolute Gasteiger partial charge is 0.321 e. The highest BCUT2D eigenvalue weighted by atomic mass is 16.6. The SMILES string of the molecule is C[C](C=O)C(=O)OC(C)(C)C. The van der Waals surface area contributed by atoms with Gasteiger partial charge in [-0.3, -0.25) is 4.79 Å². The zero-order valence-electron chi connectivity index (χ0n) is 7.30. The number of ether oxygens (including phenoxy) is 1. The van der Waals surface area contributed by atoms with Gasteiger partial charge in [0.15, 0.2) is 0 Å². The van der Waals surface area contributed by atoms with E-state index in [1.54, 1.807) is 20.8 Å². The van der Waals surface area contributed by atoms with E-state index in [4.69, 9.17) is 4.74 Å². The van der Waals surface area contributed by atoms with Crippen molar-refractivity contribution >= 4 is 12.3 Å². The molecule has 0 heterocycles. The maximum Gasteiger partial charge on any atom is 0.321 e. The number of carbonyl (C=O) groups excluding carboxylic acids is 2. The maximum absolute atomic E-state index is 10.9. The summed E-state index contributed by atoms with van der Waals surface area (Å²) < 4.78 is 4.88. The zero-order chi connectivity index (χ0) is 9.07. The van der Waals surface area contributed by atoms with Crippen LogP contribution in [-0.4, -0.2) is 17.9 Å². The van der Waals surface area contributed by atoms with Crippen LogP contribution in [0, 0.1) is 5.92 Å². The standard InChI is InChI=1S/C8H13O3/c1-6(5-9)7(10)11-8(2,3)4/h5H,1-4H3. The first-order chi connectivity index (χ1) is 4.87. The number of hydrogen-bond donors (Lipinski definition) is 0. The third-order valence-corrected chi connectivity index (χ3v) is 0.898. The molecule has 0 aliphatic heterocycles. The minimum Gasteiger partial charge on any atom is -0.459 e. The minimum atomic E-state index is -0.549. The van der Waals surface area contributed by atoms with E-state index in [0.29, 0.717) is 6.29 Å². The fourth-order valence-electron chi connectivity index (χ4n) is 0.407. The molecule has 0 aromatic rings. The van der Waals surface area contributed by atoms with Crippen LogP contribution in [0.2, 0.25) is 0 Å². The lowest BCUT2D eigenvalue weighted by Crippen LogP contribution is -2.27. The molecule has 0 unspecified atom stereocenters. The van der Waals surface area contributed by atoms with Crippen molar-refractivity contribution in [1.29, 1.82) is 0 Å². The highest BCUT2D eigenvalue weighted by molar-refractivity contribution is 6.02. The van der Waals surface area contributed by atoms with E-state index in [-0.39, 0.29) is 5.92 Å². The van der Waals surface area contributed by atoms with Crippen LogP contribution < -0.4 is 0 Å². The first kappa shape index (κ1) is 10.1. The number of aldehydes is 1. The summed E-state index contributed by atoms with van der Waals surface area (Å²) in [5, 5.41) is 0. The van der Waals surface area contributed by atoms with E-state index < -0.39 is 11.6 Å². The molecule has 0 aromatic heterocycles. The van der Waals surface area contributed by atoms with Crippen molar-refractivity contribution in [3.05, 3.63) is 5.92 Å². The van der Waals surface area contributed by atoms with Crippen LogP contribution in [0.25, 0.3) is 0 Å². The molecular weight excluding hydrogens is 144 g/mol. The van der Waals surface area contributed by atoms with Gasteiger partial charge < -0.3 is 9.53 Å². The molecule has 0 N–H and O–H groups in total. The second kappa shape index (κ2) is 3.51. The van der Waals surface area contributed by atoms with Crippen LogP contribution in [0.15, 0.2) is 0 Å². The second-order valence-corrected chi connectivity index (χ2v) is 3.30. The van der Waals surface area contributed by atoms with Crippen LogP contribution in [0.4, 0.5) is 0 Å². The zero-order valence-corrected chi connectivity index (χ0v) is 7.30. The molecule has 0 aliphatic rings. The molecule has 11 heavy (non-hydrogen) atoms. The Morgan fingerprint density at radius 2 is 1.82 bits per heavy atom. The largest absolute Gasteiger partial charge is 0.459 e. The molecule has 0 fully saturated rings. The first-order valence-electron chi connectivity index (χ1n) is 3.39. The molecule has 0 amide bonds. The number of hydrogen-bond acceptors (Lipinski definition) is 3. The summed E-state index contributed by atoms with van der Waals surface area (Å²) in [7, 11) is 0. The lowest BCUT2D eigenvalue weighted by molar-refractivity contribution is -0.152. The van der Waals surface area contributed by atoms with Gasteiger partial charge in [0, 0.05) is 0 Å². The molecule has 0 aromatic carbocycles. The van der Waals surface area contributed by atoms with Crippen molar-refractivity contribution in [2.24, 2.45) is 0 Å². The van der Waals surface area contributed by atoms with Gasteiger partial charge in [0.25, 0.3) is 0 Å². The Balaban J connectivity index is 3.98. The first-order valence-corrected chi connectivity index (χ1v) is 3.39. The van der Waals surface area contributed by atoms with Crippen molar-refractivity contribution in [2.75, 3.05) is 0 Å². The van der Waals surface area contributed by atoms with Crippen LogP contribution in [0.1, 0.15) is 27.7 Å². The molecule has 0 bridgehead atoms. The Bertz CT molecular complexity index is 155. The third-order valence-electron chi connectivity index (χ3n) is 0.898. The fourth-order valence-corrected chi connectivity index (χ4v) is 0.407. The Morgan fingerprint density at radius 1 is 1.36 bits per heavy atom. The van der Waals surface area contributed by atoms with Gasteiger partial charge in [0.1, 0.15) is 17.8 Å². The molecule has 0 rings (SSSR count). The normalized spacial score (nSPS) is 11.4. The molecule has 0 spiro atoms. The Kier molecular flexibility index (Phi) is 3.23. The molecule has 0 saturated carbocycles. The summed E-state index contributed by atoms with van der Waals surface area (Å²) in [6, 6.07) is 0. The molecule has 0 aliphatic carbocycles. The molecule has 3 heteroatoms. The number of rotatable bonds is 2. The van der Waals surface area contributed by atoms with E-state index in [9.17, 15) is 9.59 Å². The average Bonchev–Trinajstić information content (AvgIpc) is 1.82. The molecule has 0 atom stereocenters. The molecular formula is C8H13O3. The van der Waals surface area contributed by atoms with E-state index in [0.717, 1.165) is 0 Å². The van der Waals surface area contributed by atoms with Gasteiger partial charge in [-0.25, -0.2) is 0 Å². The quantitative estimate of drug-likeness (QED) is 0.343. The van der Waals surface area contributed by atoms with E-state index in [1.807, 2.05) is 0 Å². The third kappa shape index (κ3) is 4.53. The minimum absolute atomic E-state index is 0.0972. The van der Waals surface area contributed by atoms with Crippen molar-refractivity contribution < 1.29 is 14.3 Å². The average molecular weight is 157 g/mol. The summed E-state index contributed by atoms with van der Waals surface area (Å²) in [6.45, 7) is 6.69. The Labute approximate surface area is 66.7 Å². The maximum atomic E-state index is 10.9. The number of esters is 1. The molecule has 0 saturated heterocycles. The van der Waals surface area contributed by atoms with Gasteiger partial charge in [0.05, 0.1) is 0 Å². The van der Waals surface area contributed by atoms with Crippen LogP contribution in [-0.2, 0) is 14.3 Å². The Hall–Kier alpha value is -0.860. The highest BCUT2D eigenvalue weighted by Gasteiger charge is 2.21. The summed E-state index contributed by atoms with van der Waals surface area (Å²) in [4.78, 5) is 21.0. The van der Waals surface area contributed by atoms with Crippen molar-refractivity contribution in [3.8, 4) is 0 Å². The predicted octanol–water partition coefficient (Wildman–Crippen LogP) is 1.12. The Morgan fingerprint density at radius 3 is 2.09 bits per heavy atom. The summed E-state index contributed by atoms with van der Waals surface area (Å²) in [5.41, 5.74) is -0.526. The van der Waals surface area contributed by atoms with E-state index in [1.165, 1.54) is 6.92 Å². The monoisotopic (exact) mass is 157 g/mol. The van der Waals surface area contributed by atoms with Crippen molar-refractivity contribution in [3.63, 3.8) is 0 Å². The molecule has 63 valence electrons. The van der Waals surface area contributed by atoms with Gasteiger partial charge in [-0.1, -0.05) is 0 Å². The van der Waals surface area contributed by atoms with Gasteiger partial charge in [0.2, 0.25) is 0 Å². The van der Waals surface area contributed by atoms with E-state index >= 15 is 0 Å². The van der Waals surface area contributed by atoms with Crippen molar-refractivity contribution in [1.82, 2.24) is 0 Å². The van der Waals surface area contributed by atoms with Gasteiger partial charge in [-0.2, -0.15) is 0 Å². The molecule has 1 radical (unpaired) electrons. The van der Waals surface area contributed by atoms with Crippen LogP contribution in [0.3, 0.4) is 0 Å². The second-order valence-electron chi connectivity index (χ2n) is 3.30. The molecule has 3 nitrogen and oxygen atoms in total. The van der Waals surface area contributed by atoms with Gasteiger partial charge in [-0.15, -0.1) is 0 Å². The lowest BCUT2D eigenvalue weighted by atomic mass is 10.1. The summed E-state index contributed by atoms with van der Waals surface area (Å²) >= 11 is 0. The van der Waals surface area contributed by atoms with Gasteiger partial charge in [-0.05, 0) is 27.7 Å². The topological polar surface area (TPSA) is 43.4 Å². The van der Waals surface area contributed by atoms with Crippen LogP contribution in [0.5, 0.6) is 0 Å². The van der Waals surface area contributed by atoms with E-state index in [2.05, 4.69) is 0 Å².